The van der Waals surface area contributed by atoms with Gasteiger partial charge < -0.3 is 15.3 Å². The molecule has 8 heteroatoms. The van der Waals surface area contributed by atoms with E-state index in [-0.39, 0.29) is 26.2 Å². The molecule has 0 amide bonds. The van der Waals surface area contributed by atoms with E-state index in [2.05, 4.69) is 6.92 Å². The first-order valence-electron chi connectivity index (χ1n) is 13.4. The van der Waals surface area contributed by atoms with Crippen LogP contribution in [0.2, 0.25) is 0 Å². The summed E-state index contributed by atoms with van der Waals surface area (Å²) >= 11 is 0. The summed E-state index contributed by atoms with van der Waals surface area (Å²) in [4.78, 5) is 36.0. The van der Waals surface area contributed by atoms with Gasteiger partial charge in [-0.3, -0.25) is 24.2 Å². The minimum absolute atomic E-state index is 0.118. The first-order valence-corrected chi connectivity index (χ1v) is 13.4. The Labute approximate surface area is 206 Å². The molecule has 0 aromatic carbocycles. The van der Waals surface area contributed by atoms with Crippen molar-refractivity contribution in [2.75, 3.05) is 39.3 Å². The van der Waals surface area contributed by atoms with Crippen LogP contribution in [0.25, 0.3) is 0 Å². The third-order valence-corrected chi connectivity index (χ3v) is 6.14. The van der Waals surface area contributed by atoms with Crippen LogP contribution in [-0.2, 0) is 14.4 Å². The van der Waals surface area contributed by atoms with E-state index in [0.717, 1.165) is 19.3 Å². The lowest BCUT2D eigenvalue weighted by atomic mass is 10.0. The fraction of sp³-hybridized carbons (Fsp3) is 0.885. The summed E-state index contributed by atoms with van der Waals surface area (Å²) in [6, 6.07) is 0. The minimum atomic E-state index is -1.09. The Morgan fingerprint density at radius 3 is 1.09 bits per heavy atom. The van der Waals surface area contributed by atoms with Crippen molar-refractivity contribution >= 4 is 17.9 Å². The summed E-state index contributed by atoms with van der Waals surface area (Å²) < 4.78 is 0. The van der Waals surface area contributed by atoms with Crippen LogP contribution in [0.1, 0.15) is 110 Å². The standard InChI is InChI=1S/C26H50N2O6/c1-2-3-4-5-6-7-8-9-10-11-12-13-14-15-16-17-18-27(21-24(29)30)19-20-28(22-25(31)32)23-26(33)34/h2-23H2,1H3,(H,29,30)(H,31,32)(H,33,34). The molecule has 0 spiro atoms. The highest BCUT2D eigenvalue weighted by Gasteiger charge is 2.16. The topological polar surface area (TPSA) is 118 Å². The highest BCUT2D eigenvalue weighted by atomic mass is 16.4. The van der Waals surface area contributed by atoms with Crippen LogP contribution < -0.4 is 0 Å². The second-order valence-corrected chi connectivity index (χ2v) is 9.47. The van der Waals surface area contributed by atoms with E-state index < -0.39 is 17.9 Å². The first-order chi connectivity index (χ1) is 16.3. The second-order valence-electron chi connectivity index (χ2n) is 9.47. The van der Waals surface area contributed by atoms with Crippen molar-refractivity contribution in [1.82, 2.24) is 9.80 Å². The van der Waals surface area contributed by atoms with Crippen molar-refractivity contribution in [2.45, 2.75) is 110 Å². The molecule has 0 bridgehead atoms. The Bertz CT molecular complexity index is 513. The molecule has 8 nitrogen and oxygen atoms in total. The molecule has 0 fully saturated rings. The Morgan fingerprint density at radius 1 is 0.441 bits per heavy atom. The van der Waals surface area contributed by atoms with Gasteiger partial charge in [-0.25, -0.2) is 0 Å². The van der Waals surface area contributed by atoms with Gasteiger partial charge in [-0.15, -0.1) is 0 Å². The van der Waals surface area contributed by atoms with E-state index in [0.29, 0.717) is 13.1 Å². The zero-order chi connectivity index (χ0) is 25.4. The van der Waals surface area contributed by atoms with Gasteiger partial charge in [-0.1, -0.05) is 103 Å². The van der Waals surface area contributed by atoms with Crippen LogP contribution in [0.4, 0.5) is 0 Å². The lowest BCUT2D eigenvalue weighted by Gasteiger charge is -2.24. The van der Waals surface area contributed by atoms with Gasteiger partial charge in [0, 0.05) is 13.1 Å². The fourth-order valence-electron chi connectivity index (χ4n) is 4.22. The molecule has 0 saturated heterocycles. The van der Waals surface area contributed by atoms with Crippen LogP contribution in [0.15, 0.2) is 0 Å². The van der Waals surface area contributed by atoms with Crippen LogP contribution in [-0.4, -0.2) is 82.3 Å². The lowest BCUT2D eigenvalue weighted by molar-refractivity contribution is -0.143. The smallest absolute Gasteiger partial charge is 0.317 e. The quantitative estimate of drug-likeness (QED) is 0.144. The van der Waals surface area contributed by atoms with E-state index >= 15 is 0 Å². The first kappa shape index (κ1) is 32.3. The Morgan fingerprint density at radius 2 is 0.735 bits per heavy atom. The average molecular weight is 487 g/mol. The predicted molar refractivity (Wildman–Crippen MR) is 135 cm³/mol. The van der Waals surface area contributed by atoms with E-state index in [9.17, 15) is 14.4 Å². The molecule has 0 rings (SSSR count). The summed E-state index contributed by atoms with van der Waals surface area (Å²) in [6.07, 6.45) is 20.5. The zero-order valence-electron chi connectivity index (χ0n) is 21.5. The van der Waals surface area contributed by atoms with Gasteiger partial charge in [0.1, 0.15) is 0 Å². The molecule has 0 aromatic heterocycles. The second kappa shape index (κ2) is 23.1. The molecule has 0 heterocycles. The number of unbranched alkanes of at least 4 members (excludes halogenated alkanes) is 15. The van der Waals surface area contributed by atoms with Crippen molar-refractivity contribution in [2.24, 2.45) is 0 Å². The molecule has 3 N–H and O–H groups in total. The monoisotopic (exact) mass is 486 g/mol. The number of rotatable bonds is 26. The van der Waals surface area contributed by atoms with Crippen LogP contribution >= 0.6 is 0 Å². The lowest BCUT2D eigenvalue weighted by Crippen LogP contribution is -2.42. The predicted octanol–water partition coefficient (Wildman–Crippen LogP) is 5.11. The third kappa shape index (κ3) is 23.5. The minimum Gasteiger partial charge on any atom is -0.480 e. The largest absolute Gasteiger partial charge is 0.480 e. The maximum Gasteiger partial charge on any atom is 0.317 e. The molecule has 200 valence electrons. The van der Waals surface area contributed by atoms with Crippen molar-refractivity contribution in [1.29, 1.82) is 0 Å². The average Bonchev–Trinajstić information content (AvgIpc) is 2.75. The van der Waals surface area contributed by atoms with Crippen LogP contribution in [0.3, 0.4) is 0 Å². The summed E-state index contributed by atoms with van der Waals surface area (Å²) in [5, 5.41) is 27.0. The van der Waals surface area contributed by atoms with Crippen molar-refractivity contribution in [3.63, 3.8) is 0 Å². The van der Waals surface area contributed by atoms with Crippen LogP contribution in [0.5, 0.6) is 0 Å². The summed E-state index contributed by atoms with van der Waals surface area (Å²) in [7, 11) is 0. The van der Waals surface area contributed by atoms with E-state index in [1.165, 1.54) is 88.4 Å². The van der Waals surface area contributed by atoms with Gasteiger partial charge in [0.2, 0.25) is 0 Å². The third-order valence-electron chi connectivity index (χ3n) is 6.14. The normalized spacial score (nSPS) is 11.4. The molecule has 0 unspecified atom stereocenters. The number of aliphatic carboxylic acids is 3. The molecule has 0 aliphatic carbocycles. The van der Waals surface area contributed by atoms with E-state index in [1.54, 1.807) is 4.90 Å². The number of nitrogens with zero attached hydrogens (tertiary/aromatic N) is 2. The molecular weight excluding hydrogens is 436 g/mol. The number of hydrogen-bond donors (Lipinski definition) is 3. The number of carboxylic acids is 3. The maximum atomic E-state index is 11.1. The molecular formula is C26H50N2O6. The fourth-order valence-corrected chi connectivity index (χ4v) is 4.22. The summed E-state index contributed by atoms with van der Waals surface area (Å²) in [5.41, 5.74) is 0. The molecule has 34 heavy (non-hydrogen) atoms. The SMILES string of the molecule is CCCCCCCCCCCCCCCCCCN(CCN(CC(=O)O)CC(=O)O)CC(=O)O. The van der Waals surface area contributed by atoms with E-state index in [4.69, 9.17) is 15.3 Å². The zero-order valence-corrected chi connectivity index (χ0v) is 21.5. The summed E-state index contributed by atoms with van der Waals surface area (Å²) in [6.45, 7) is 2.58. The molecule has 0 aliphatic rings. The van der Waals surface area contributed by atoms with Gasteiger partial charge in [0.25, 0.3) is 0 Å². The molecule has 0 saturated carbocycles. The number of hydrogen-bond acceptors (Lipinski definition) is 5. The highest BCUT2D eigenvalue weighted by Crippen LogP contribution is 2.13. The number of carboxylic acid groups (broad SMARTS) is 3. The van der Waals surface area contributed by atoms with Gasteiger partial charge in [-0.2, -0.15) is 0 Å². The van der Waals surface area contributed by atoms with Gasteiger partial charge in [-0.05, 0) is 13.0 Å². The number of carbonyl (C=O) groups is 3. The van der Waals surface area contributed by atoms with Gasteiger partial charge in [0.15, 0.2) is 0 Å². The van der Waals surface area contributed by atoms with Crippen molar-refractivity contribution in [3.05, 3.63) is 0 Å². The van der Waals surface area contributed by atoms with Crippen molar-refractivity contribution in [3.8, 4) is 0 Å². The van der Waals surface area contributed by atoms with Crippen LogP contribution in [0, 0.1) is 0 Å². The Hall–Kier alpha value is -1.67. The maximum absolute atomic E-state index is 11.1. The Balaban J connectivity index is 3.79. The Kier molecular flexibility index (Phi) is 22.0. The van der Waals surface area contributed by atoms with E-state index in [1.807, 2.05) is 0 Å². The van der Waals surface area contributed by atoms with Gasteiger partial charge in [0.05, 0.1) is 19.6 Å². The molecule has 0 radical (unpaired) electrons. The molecule has 0 aliphatic heterocycles. The van der Waals surface area contributed by atoms with Crippen molar-refractivity contribution < 1.29 is 29.7 Å². The molecule has 0 atom stereocenters. The molecule has 0 aromatic rings. The highest BCUT2D eigenvalue weighted by molar-refractivity contribution is 5.72. The summed E-state index contributed by atoms with van der Waals surface area (Å²) in [5.74, 6) is -3.12. The van der Waals surface area contributed by atoms with Gasteiger partial charge >= 0.3 is 17.9 Å².